The van der Waals surface area contributed by atoms with Crippen molar-refractivity contribution in [3.05, 3.63) is 0 Å². The van der Waals surface area contributed by atoms with Gasteiger partial charge in [-0.15, -0.1) is 0 Å². The molecule has 0 aliphatic rings. The van der Waals surface area contributed by atoms with Crippen LogP contribution >= 0.6 is 0 Å². The molecule has 0 aliphatic carbocycles. The van der Waals surface area contributed by atoms with Gasteiger partial charge in [-0.2, -0.15) is 0 Å². The summed E-state index contributed by atoms with van der Waals surface area (Å²) in [5.74, 6) is 0. The minimum atomic E-state index is -0.353. The minimum Gasteiger partial charge on any atom is -0.391 e. The molecule has 1 N–H and O–H groups in total. The lowest BCUT2D eigenvalue weighted by Crippen LogP contribution is -2.21. The Bertz CT molecular complexity index is 118. The zero-order chi connectivity index (χ0) is 10.3. The van der Waals surface area contributed by atoms with Crippen LogP contribution in [0.4, 0.5) is 0 Å². The molecule has 0 amide bonds. The summed E-state index contributed by atoms with van der Waals surface area (Å²) >= 11 is 0. The van der Waals surface area contributed by atoms with Crippen molar-refractivity contribution in [2.45, 2.75) is 45.3 Å². The van der Waals surface area contributed by atoms with Crippen LogP contribution < -0.4 is 0 Å². The van der Waals surface area contributed by atoms with Crippen LogP contribution in [0.25, 0.3) is 0 Å². The minimum absolute atomic E-state index is 0.0772. The molecule has 80 valence electrons. The third kappa shape index (κ3) is 9.80. The summed E-state index contributed by atoms with van der Waals surface area (Å²) in [5.41, 5.74) is -0.0772. The Morgan fingerprint density at radius 2 is 1.92 bits per heavy atom. The van der Waals surface area contributed by atoms with Gasteiger partial charge in [0.2, 0.25) is 0 Å². The molecular formula is C10H22O3. The lowest BCUT2D eigenvalue weighted by Gasteiger charge is -2.19. The molecule has 0 aromatic heterocycles. The molecule has 0 fully saturated rings. The molecule has 0 aromatic carbocycles. The number of ether oxygens (including phenoxy) is 2. The molecule has 0 heterocycles. The number of methoxy groups -OCH3 is 1. The van der Waals surface area contributed by atoms with Crippen molar-refractivity contribution in [3.8, 4) is 0 Å². The van der Waals surface area contributed by atoms with Gasteiger partial charge in [-0.05, 0) is 33.6 Å². The van der Waals surface area contributed by atoms with E-state index in [1.165, 1.54) is 0 Å². The molecule has 0 aromatic rings. The van der Waals surface area contributed by atoms with Crippen molar-refractivity contribution in [2.75, 3.05) is 20.3 Å². The summed E-state index contributed by atoms with van der Waals surface area (Å²) in [5, 5.41) is 9.30. The average Bonchev–Trinajstić information content (AvgIpc) is 1.97. The van der Waals surface area contributed by atoms with E-state index in [1.54, 1.807) is 7.11 Å². The maximum absolute atomic E-state index is 9.30. The maximum atomic E-state index is 9.30. The topological polar surface area (TPSA) is 38.7 Å². The Kier molecular flexibility index (Phi) is 6.29. The van der Waals surface area contributed by atoms with E-state index in [9.17, 15) is 5.11 Å². The average molecular weight is 190 g/mol. The van der Waals surface area contributed by atoms with Crippen molar-refractivity contribution < 1.29 is 14.6 Å². The highest BCUT2D eigenvalue weighted by Gasteiger charge is 2.10. The van der Waals surface area contributed by atoms with Crippen LogP contribution in [0.2, 0.25) is 0 Å². The second kappa shape index (κ2) is 6.35. The molecule has 3 nitrogen and oxygen atoms in total. The van der Waals surface area contributed by atoms with Gasteiger partial charge in [0.05, 0.1) is 18.3 Å². The van der Waals surface area contributed by atoms with Gasteiger partial charge in [-0.25, -0.2) is 0 Å². The van der Waals surface area contributed by atoms with Crippen molar-refractivity contribution in [2.24, 2.45) is 0 Å². The van der Waals surface area contributed by atoms with Gasteiger partial charge in [0, 0.05) is 13.7 Å². The molecule has 3 heteroatoms. The molecule has 1 unspecified atom stereocenters. The zero-order valence-electron chi connectivity index (χ0n) is 9.17. The van der Waals surface area contributed by atoms with Gasteiger partial charge in [-0.1, -0.05) is 0 Å². The summed E-state index contributed by atoms with van der Waals surface area (Å²) in [6.07, 6.45) is 1.26. The second-order valence-electron chi connectivity index (χ2n) is 4.21. The van der Waals surface area contributed by atoms with E-state index in [2.05, 4.69) is 0 Å². The van der Waals surface area contributed by atoms with Crippen LogP contribution in [-0.4, -0.2) is 37.1 Å². The fraction of sp³-hybridized carbons (Fsp3) is 1.00. The maximum Gasteiger partial charge on any atom is 0.0774 e. The number of hydrogen-bond donors (Lipinski definition) is 1. The van der Waals surface area contributed by atoms with Crippen molar-refractivity contribution in [3.63, 3.8) is 0 Å². The fourth-order valence-electron chi connectivity index (χ4n) is 0.973. The summed E-state index contributed by atoms with van der Waals surface area (Å²) in [7, 11) is 1.59. The Labute approximate surface area is 81.0 Å². The third-order valence-electron chi connectivity index (χ3n) is 1.58. The number of hydrogen-bond acceptors (Lipinski definition) is 3. The molecule has 0 radical (unpaired) electrons. The van der Waals surface area contributed by atoms with E-state index >= 15 is 0 Å². The van der Waals surface area contributed by atoms with Crippen LogP contribution in [0, 0.1) is 0 Å². The largest absolute Gasteiger partial charge is 0.391 e. The molecule has 0 saturated heterocycles. The smallest absolute Gasteiger partial charge is 0.0774 e. The number of aliphatic hydroxyl groups excluding tert-OH is 1. The summed E-state index contributed by atoms with van der Waals surface area (Å²) in [4.78, 5) is 0. The van der Waals surface area contributed by atoms with Crippen LogP contribution in [-0.2, 0) is 9.47 Å². The quantitative estimate of drug-likeness (QED) is 0.646. The Morgan fingerprint density at radius 1 is 1.31 bits per heavy atom. The lowest BCUT2D eigenvalue weighted by molar-refractivity contribution is -0.0126. The van der Waals surface area contributed by atoms with Gasteiger partial charge in [0.15, 0.2) is 0 Å². The van der Waals surface area contributed by atoms with Gasteiger partial charge in [0.25, 0.3) is 0 Å². The molecular weight excluding hydrogens is 168 g/mol. The zero-order valence-corrected chi connectivity index (χ0v) is 9.17. The Balaban J connectivity index is 3.25. The number of rotatable bonds is 6. The molecule has 0 bridgehead atoms. The van der Waals surface area contributed by atoms with E-state index in [0.29, 0.717) is 13.2 Å². The predicted octanol–water partition coefficient (Wildman–Crippen LogP) is 1.59. The summed E-state index contributed by atoms with van der Waals surface area (Å²) in [6.45, 7) is 7.19. The number of aliphatic hydroxyl groups is 1. The lowest BCUT2D eigenvalue weighted by atomic mass is 10.2. The van der Waals surface area contributed by atoms with Gasteiger partial charge in [0.1, 0.15) is 0 Å². The van der Waals surface area contributed by atoms with E-state index in [1.807, 2.05) is 20.8 Å². The summed E-state index contributed by atoms with van der Waals surface area (Å²) < 4.78 is 10.3. The highest BCUT2D eigenvalue weighted by Crippen LogP contribution is 2.08. The first-order chi connectivity index (χ1) is 5.95. The first-order valence-electron chi connectivity index (χ1n) is 4.76. The van der Waals surface area contributed by atoms with Crippen LogP contribution in [0.3, 0.4) is 0 Å². The van der Waals surface area contributed by atoms with Crippen LogP contribution in [0.15, 0.2) is 0 Å². The van der Waals surface area contributed by atoms with Crippen LogP contribution in [0.5, 0.6) is 0 Å². The highest BCUT2D eigenvalue weighted by molar-refractivity contribution is 4.59. The molecule has 0 saturated carbocycles. The molecule has 1 atom stereocenters. The molecule has 13 heavy (non-hydrogen) atoms. The van der Waals surface area contributed by atoms with E-state index < -0.39 is 0 Å². The monoisotopic (exact) mass is 190 g/mol. The van der Waals surface area contributed by atoms with E-state index in [0.717, 1.165) is 12.8 Å². The SMILES string of the molecule is COCC(O)CCCOC(C)(C)C. The van der Waals surface area contributed by atoms with E-state index in [-0.39, 0.29) is 11.7 Å². The van der Waals surface area contributed by atoms with Gasteiger partial charge >= 0.3 is 0 Å². The van der Waals surface area contributed by atoms with Crippen molar-refractivity contribution in [1.29, 1.82) is 0 Å². The normalized spacial score (nSPS) is 14.5. The standard InChI is InChI=1S/C10H22O3/c1-10(2,3)13-7-5-6-9(11)8-12-4/h9,11H,5-8H2,1-4H3. The highest BCUT2D eigenvalue weighted by atomic mass is 16.5. The molecule has 0 spiro atoms. The Hall–Kier alpha value is -0.120. The Morgan fingerprint density at radius 3 is 2.38 bits per heavy atom. The van der Waals surface area contributed by atoms with E-state index in [4.69, 9.17) is 9.47 Å². The first kappa shape index (κ1) is 12.9. The fourth-order valence-corrected chi connectivity index (χ4v) is 0.973. The third-order valence-corrected chi connectivity index (χ3v) is 1.58. The van der Waals surface area contributed by atoms with Crippen molar-refractivity contribution in [1.82, 2.24) is 0 Å². The van der Waals surface area contributed by atoms with Gasteiger partial charge in [-0.3, -0.25) is 0 Å². The second-order valence-corrected chi connectivity index (χ2v) is 4.21. The predicted molar refractivity (Wildman–Crippen MR) is 52.8 cm³/mol. The molecule has 0 aliphatic heterocycles. The van der Waals surface area contributed by atoms with Gasteiger partial charge < -0.3 is 14.6 Å². The van der Waals surface area contributed by atoms with Crippen LogP contribution in [0.1, 0.15) is 33.6 Å². The first-order valence-corrected chi connectivity index (χ1v) is 4.76. The summed E-state index contributed by atoms with van der Waals surface area (Å²) in [6, 6.07) is 0. The molecule has 0 rings (SSSR count). The van der Waals surface area contributed by atoms with Crippen molar-refractivity contribution >= 4 is 0 Å².